The second-order valence-electron chi connectivity index (χ2n) is 9.22. The van der Waals surface area contributed by atoms with Crippen molar-refractivity contribution in [3.05, 3.63) is 73.3 Å². The van der Waals surface area contributed by atoms with Gasteiger partial charge in [0, 0.05) is 6.61 Å². The van der Waals surface area contributed by atoms with Crippen LogP contribution in [0.15, 0.2) is 73.3 Å². The predicted octanol–water partition coefficient (Wildman–Crippen LogP) is 5.16. The van der Waals surface area contributed by atoms with Crippen LogP contribution >= 0.6 is 0 Å². The van der Waals surface area contributed by atoms with Crippen LogP contribution < -0.4 is 10.4 Å². The number of hydrogen-bond donors (Lipinski definition) is 1. The summed E-state index contributed by atoms with van der Waals surface area (Å²) in [5.74, 6) is 0.341. The molecule has 0 aliphatic rings. The lowest BCUT2D eigenvalue weighted by Gasteiger charge is -2.43. The van der Waals surface area contributed by atoms with Crippen LogP contribution in [0.3, 0.4) is 0 Å². The lowest BCUT2D eigenvalue weighted by molar-refractivity contribution is 0.0758. The van der Waals surface area contributed by atoms with Crippen molar-refractivity contribution in [3.8, 4) is 0 Å². The second kappa shape index (κ2) is 10.4. The van der Waals surface area contributed by atoms with Gasteiger partial charge in [-0.3, -0.25) is 0 Å². The Hall–Kier alpha value is -1.68. The van der Waals surface area contributed by atoms with E-state index in [4.69, 9.17) is 4.43 Å². The first-order chi connectivity index (χ1) is 13.7. The molecule has 3 heteroatoms. The minimum absolute atomic E-state index is 0.00179. The van der Waals surface area contributed by atoms with Crippen LogP contribution in [-0.4, -0.2) is 26.1 Å². The molecular weight excluding hydrogens is 372 g/mol. The van der Waals surface area contributed by atoms with Gasteiger partial charge in [-0.05, 0) is 40.1 Å². The molecule has 2 rings (SSSR count). The van der Waals surface area contributed by atoms with Crippen molar-refractivity contribution >= 4 is 18.7 Å². The summed E-state index contributed by atoms with van der Waals surface area (Å²) in [5.41, 5.74) is 0. The van der Waals surface area contributed by atoms with Crippen LogP contribution in [0.5, 0.6) is 0 Å². The zero-order chi connectivity index (χ0) is 21.5. The second-order valence-corrected chi connectivity index (χ2v) is 13.5. The average molecular weight is 411 g/mol. The van der Waals surface area contributed by atoms with E-state index in [0.29, 0.717) is 6.61 Å². The third kappa shape index (κ3) is 5.47. The van der Waals surface area contributed by atoms with Crippen molar-refractivity contribution in [2.24, 2.45) is 11.8 Å². The quantitative estimate of drug-likeness (QED) is 0.333. The summed E-state index contributed by atoms with van der Waals surface area (Å²) < 4.78 is 6.92. The maximum atomic E-state index is 10.4. The van der Waals surface area contributed by atoms with Crippen molar-refractivity contribution in [3.63, 3.8) is 0 Å². The Labute approximate surface area is 178 Å². The van der Waals surface area contributed by atoms with Crippen LogP contribution in [0.4, 0.5) is 0 Å². The minimum atomic E-state index is -2.46. The molecule has 2 nitrogen and oxygen atoms in total. The van der Waals surface area contributed by atoms with E-state index in [1.165, 1.54) is 10.4 Å². The molecule has 0 aliphatic heterocycles. The molecule has 0 aromatic heterocycles. The number of rotatable bonds is 10. The molecule has 0 bridgehead atoms. The molecule has 0 heterocycles. The molecule has 0 unspecified atom stereocenters. The maximum Gasteiger partial charge on any atom is 0.261 e. The molecule has 0 radical (unpaired) electrons. The molecule has 0 fully saturated rings. The van der Waals surface area contributed by atoms with E-state index in [9.17, 15) is 5.11 Å². The fourth-order valence-corrected chi connectivity index (χ4v) is 8.83. The Bertz CT molecular complexity index is 697. The highest BCUT2D eigenvalue weighted by molar-refractivity contribution is 6.99. The van der Waals surface area contributed by atoms with Crippen LogP contribution in [0.25, 0.3) is 0 Å². The average Bonchev–Trinajstić information content (AvgIpc) is 2.73. The van der Waals surface area contributed by atoms with Crippen molar-refractivity contribution in [1.29, 1.82) is 0 Å². The Balaban J connectivity index is 2.24. The van der Waals surface area contributed by atoms with E-state index in [2.05, 4.69) is 94.9 Å². The van der Waals surface area contributed by atoms with Gasteiger partial charge in [0.1, 0.15) is 0 Å². The van der Waals surface area contributed by atoms with Gasteiger partial charge in [0.2, 0.25) is 0 Å². The molecule has 0 amide bonds. The Morgan fingerprint density at radius 2 is 1.45 bits per heavy atom. The summed E-state index contributed by atoms with van der Waals surface area (Å²) in [4.78, 5) is 0. The van der Waals surface area contributed by atoms with Crippen molar-refractivity contribution in [2.45, 2.75) is 58.6 Å². The fraction of sp³-hybridized carbons (Fsp3) is 0.462. The predicted molar refractivity (Wildman–Crippen MR) is 127 cm³/mol. The first-order valence-electron chi connectivity index (χ1n) is 10.8. The highest BCUT2D eigenvalue weighted by Crippen LogP contribution is 2.37. The molecule has 1 N–H and O–H groups in total. The summed E-state index contributed by atoms with van der Waals surface area (Å²) in [5, 5.41) is 13.0. The molecule has 0 saturated heterocycles. The summed E-state index contributed by atoms with van der Waals surface area (Å²) in [6.45, 7) is 15.6. The normalized spacial score (nSPS) is 15.5. The molecular formula is C26H38O2Si. The highest BCUT2D eigenvalue weighted by atomic mass is 28.4. The number of benzene rings is 2. The van der Waals surface area contributed by atoms with E-state index in [0.717, 1.165) is 12.8 Å². The molecule has 0 saturated carbocycles. The van der Waals surface area contributed by atoms with E-state index < -0.39 is 8.32 Å². The smallest absolute Gasteiger partial charge is 0.261 e. The molecule has 2 aromatic rings. The van der Waals surface area contributed by atoms with Gasteiger partial charge in [-0.2, -0.15) is 0 Å². The topological polar surface area (TPSA) is 29.5 Å². The zero-order valence-electron chi connectivity index (χ0n) is 18.8. The molecule has 0 spiro atoms. The summed E-state index contributed by atoms with van der Waals surface area (Å²) in [7, 11) is -2.46. The van der Waals surface area contributed by atoms with Gasteiger partial charge >= 0.3 is 0 Å². The van der Waals surface area contributed by atoms with Crippen LogP contribution in [-0.2, 0) is 4.43 Å². The number of aliphatic hydroxyl groups excluding tert-OH is 1. The summed E-state index contributed by atoms with van der Waals surface area (Å²) in [6, 6.07) is 21.5. The lowest BCUT2D eigenvalue weighted by Crippen LogP contribution is -2.66. The highest BCUT2D eigenvalue weighted by Gasteiger charge is 2.49. The Kier molecular flexibility index (Phi) is 8.44. The first kappa shape index (κ1) is 23.6. The fourth-order valence-electron chi connectivity index (χ4n) is 4.22. The largest absolute Gasteiger partial charge is 0.407 e. The summed E-state index contributed by atoms with van der Waals surface area (Å²) >= 11 is 0. The van der Waals surface area contributed by atoms with E-state index in [-0.39, 0.29) is 23.0 Å². The third-order valence-electron chi connectivity index (χ3n) is 6.03. The first-order valence-corrected chi connectivity index (χ1v) is 12.7. The molecule has 0 aliphatic carbocycles. The van der Waals surface area contributed by atoms with Crippen LogP contribution in [0, 0.1) is 11.8 Å². The van der Waals surface area contributed by atoms with Crippen LogP contribution in [0.2, 0.25) is 5.04 Å². The Morgan fingerprint density at radius 3 is 1.86 bits per heavy atom. The number of aliphatic hydroxyl groups is 1. The van der Waals surface area contributed by atoms with E-state index in [1.54, 1.807) is 0 Å². The van der Waals surface area contributed by atoms with Gasteiger partial charge in [-0.1, -0.05) is 101 Å². The maximum absolute atomic E-state index is 10.4. The molecule has 2 aromatic carbocycles. The minimum Gasteiger partial charge on any atom is -0.407 e. The van der Waals surface area contributed by atoms with Crippen molar-refractivity contribution < 1.29 is 9.53 Å². The van der Waals surface area contributed by atoms with Crippen molar-refractivity contribution in [1.82, 2.24) is 0 Å². The Morgan fingerprint density at radius 1 is 0.966 bits per heavy atom. The van der Waals surface area contributed by atoms with Gasteiger partial charge in [-0.25, -0.2) is 0 Å². The molecule has 3 atom stereocenters. The monoisotopic (exact) mass is 410 g/mol. The SMILES string of the molecule is C=C[C@H](C)[C@@H](O)[C@H](C)CCCO[Si](c1ccccc1)(c1ccccc1)C(C)(C)C. The molecule has 29 heavy (non-hydrogen) atoms. The lowest BCUT2D eigenvalue weighted by atomic mass is 9.90. The van der Waals surface area contributed by atoms with Crippen LogP contribution in [0.1, 0.15) is 47.5 Å². The third-order valence-corrected chi connectivity index (χ3v) is 11.1. The van der Waals surface area contributed by atoms with Gasteiger partial charge in [-0.15, -0.1) is 6.58 Å². The summed E-state index contributed by atoms with van der Waals surface area (Å²) in [6.07, 6.45) is 3.37. The van der Waals surface area contributed by atoms with E-state index >= 15 is 0 Å². The standard InChI is InChI=1S/C26H38O2Si/c1-7-21(2)25(27)22(3)15-14-20-28-29(26(4,5)6,23-16-10-8-11-17-23)24-18-12-9-13-19-24/h7-13,16-19,21-22,25,27H,1,14-15,20H2,2-6H3/t21-,22+,25+/m0/s1. The number of hydrogen-bond acceptors (Lipinski definition) is 2. The van der Waals surface area contributed by atoms with E-state index in [1.807, 2.05) is 13.0 Å². The zero-order valence-corrected chi connectivity index (χ0v) is 19.8. The van der Waals surface area contributed by atoms with Gasteiger partial charge in [0.05, 0.1) is 6.10 Å². The van der Waals surface area contributed by atoms with Crippen molar-refractivity contribution in [2.75, 3.05) is 6.61 Å². The van der Waals surface area contributed by atoms with Gasteiger partial charge in [0.15, 0.2) is 0 Å². The van der Waals surface area contributed by atoms with Gasteiger partial charge < -0.3 is 9.53 Å². The van der Waals surface area contributed by atoms with Gasteiger partial charge in [0.25, 0.3) is 8.32 Å². The molecule has 158 valence electrons.